The van der Waals surface area contributed by atoms with Crippen molar-refractivity contribution >= 4 is 28.3 Å². The number of anilines is 1. The molecule has 3 saturated heterocycles. The first-order chi connectivity index (χ1) is 16.4. The molecule has 0 unspecified atom stereocenters. The summed E-state index contributed by atoms with van der Waals surface area (Å²) in [6.45, 7) is 3.78. The van der Waals surface area contributed by atoms with Gasteiger partial charge in [-0.1, -0.05) is 30.3 Å². The largest absolute Gasteiger partial charge is 0.382 e. The monoisotopic (exact) mass is 460 g/mol. The van der Waals surface area contributed by atoms with E-state index in [9.17, 15) is 9.59 Å². The summed E-state index contributed by atoms with van der Waals surface area (Å²) < 4.78 is 24.7. The number of aromatic amines is 1. The zero-order chi connectivity index (χ0) is 23.5. The van der Waals surface area contributed by atoms with Crippen molar-refractivity contribution in [2.45, 2.75) is 49.1 Å². The van der Waals surface area contributed by atoms with Gasteiger partial charge in [0.05, 0.1) is 12.3 Å². The second-order valence-electron chi connectivity index (χ2n) is 9.84. The van der Waals surface area contributed by atoms with Crippen LogP contribution in [0.25, 0.3) is 10.9 Å². The molecule has 0 bridgehead atoms. The summed E-state index contributed by atoms with van der Waals surface area (Å²) in [6, 6.07) is 15.0. The molecule has 0 saturated carbocycles. The molecule has 7 rings (SSSR count). The Labute approximate surface area is 195 Å². The van der Waals surface area contributed by atoms with Crippen LogP contribution in [0.1, 0.15) is 29.8 Å². The van der Waals surface area contributed by atoms with E-state index in [2.05, 4.69) is 4.98 Å². The van der Waals surface area contributed by atoms with E-state index in [4.69, 9.17) is 18.9 Å². The van der Waals surface area contributed by atoms with Gasteiger partial charge in [-0.05, 0) is 32.0 Å². The normalized spacial score (nSPS) is 35.0. The molecule has 1 amide bonds. The van der Waals surface area contributed by atoms with Crippen LogP contribution in [0.2, 0.25) is 0 Å². The van der Waals surface area contributed by atoms with Crippen LogP contribution in [0, 0.1) is 0 Å². The molecule has 8 heteroatoms. The number of nitrogens with one attached hydrogen (secondary N) is 1. The highest BCUT2D eigenvalue weighted by atomic mass is 16.8. The van der Waals surface area contributed by atoms with Gasteiger partial charge in [0, 0.05) is 35.3 Å². The highest BCUT2D eigenvalue weighted by Gasteiger charge is 2.84. The number of carbonyl (C=O) groups excluding carboxylic acids is 2. The molecule has 3 aromatic rings. The third-order valence-corrected chi connectivity index (χ3v) is 7.62. The van der Waals surface area contributed by atoms with Crippen LogP contribution in [0.3, 0.4) is 0 Å². The fraction of sp³-hybridized carbons (Fsp3) is 0.385. The van der Waals surface area contributed by atoms with Crippen LogP contribution in [-0.2, 0) is 29.3 Å². The van der Waals surface area contributed by atoms with Crippen LogP contribution in [0.4, 0.5) is 5.69 Å². The van der Waals surface area contributed by atoms with Gasteiger partial charge in [-0.2, -0.15) is 0 Å². The van der Waals surface area contributed by atoms with Crippen LogP contribution >= 0.6 is 0 Å². The van der Waals surface area contributed by atoms with Gasteiger partial charge in [-0.15, -0.1) is 0 Å². The minimum Gasteiger partial charge on any atom is -0.382 e. The summed E-state index contributed by atoms with van der Waals surface area (Å²) in [6.07, 6.45) is -0.399. The summed E-state index contributed by atoms with van der Waals surface area (Å²) in [5.74, 6) is -1.54. The van der Waals surface area contributed by atoms with Crippen molar-refractivity contribution in [1.29, 1.82) is 0 Å². The predicted molar refractivity (Wildman–Crippen MR) is 122 cm³/mol. The molecule has 34 heavy (non-hydrogen) atoms. The summed E-state index contributed by atoms with van der Waals surface area (Å²) >= 11 is 0. The lowest BCUT2D eigenvalue weighted by atomic mass is 9.76. The highest BCUT2D eigenvalue weighted by molar-refractivity contribution is 6.26. The Hall–Kier alpha value is -3.04. The molecule has 4 aliphatic heterocycles. The third-order valence-electron chi connectivity index (χ3n) is 7.62. The smallest absolute Gasteiger partial charge is 0.266 e. The Balaban J connectivity index is 1.56. The lowest BCUT2D eigenvalue weighted by molar-refractivity contribution is -0.207. The first-order valence-corrected chi connectivity index (χ1v) is 11.4. The number of benzene rings is 2. The quantitative estimate of drug-likeness (QED) is 0.647. The number of fused-ring (bicyclic) bond motifs is 5. The Morgan fingerprint density at radius 2 is 1.85 bits per heavy atom. The van der Waals surface area contributed by atoms with Crippen molar-refractivity contribution in [3.05, 3.63) is 65.9 Å². The third kappa shape index (κ3) is 2.09. The number of carbonyl (C=O) groups is 2. The molecule has 0 aliphatic carbocycles. The number of nitrogens with zero attached hydrogens (tertiary/aromatic N) is 1. The molecule has 8 nitrogen and oxygen atoms in total. The van der Waals surface area contributed by atoms with Crippen molar-refractivity contribution in [3.8, 4) is 0 Å². The predicted octanol–water partition coefficient (Wildman–Crippen LogP) is 2.91. The highest BCUT2D eigenvalue weighted by Crippen LogP contribution is 2.64. The van der Waals surface area contributed by atoms with Crippen molar-refractivity contribution < 1.29 is 28.5 Å². The van der Waals surface area contributed by atoms with E-state index in [-0.39, 0.29) is 18.3 Å². The molecule has 5 atom stereocenters. The van der Waals surface area contributed by atoms with Gasteiger partial charge in [0.15, 0.2) is 17.1 Å². The standard InChI is InChI=1S/C26H24N2O6/c1-24(2)33-21-19(13-31-3)32-22-25(16-12-27-17-10-6-4-8-14(16)17)20(29)15-9-5-7-11-18(15)28(25)23(30)26(21,22)34-24/h4-12,19,21-22,27H,13H2,1-3H3/t19-,21-,22+,25-,26-/m0/s1. The fourth-order valence-corrected chi connectivity index (χ4v) is 6.57. The number of hydrogen-bond donors (Lipinski definition) is 1. The summed E-state index contributed by atoms with van der Waals surface area (Å²) in [4.78, 5) is 33.8. The Bertz CT molecular complexity index is 1380. The molecular formula is C26H24N2O6. The molecule has 4 aliphatic rings. The molecule has 1 N–H and O–H groups in total. The Kier molecular flexibility index (Phi) is 3.79. The zero-order valence-electron chi connectivity index (χ0n) is 19.0. The maximum absolute atomic E-state index is 14.5. The Morgan fingerprint density at radius 3 is 2.68 bits per heavy atom. The molecular weight excluding hydrogens is 436 g/mol. The molecule has 0 radical (unpaired) electrons. The number of aromatic nitrogens is 1. The maximum atomic E-state index is 14.5. The number of methoxy groups -OCH3 is 1. The first kappa shape index (κ1) is 20.3. The molecule has 1 aromatic heterocycles. The minimum absolute atomic E-state index is 0.187. The number of amides is 1. The molecule has 5 heterocycles. The van der Waals surface area contributed by atoms with E-state index in [1.807, 2.05) is 48.7 Å². The van der Waals surface area contributed by atoms with E-state index in [0.29, 0.717) is 16.8 Å². The van der Waals surface area contributed by atoms with Crippen molar-refractivity contribution in [3.63, 3.8) is 0 Å². The summed E-state index contributed by atoms with van der Waals surface area (Å²) in [5.41, 5.74) is -0.311. The number of rotatable bonds is 3. The van der Waals surface area contributed by atoms with E-state index in [1.165, 1.54) is 0 Å². The van der Waals surface area contributed by atoms with Crippen molar-refractivity contribution in [1.82, 2.24) is 4.98 Å². The van der Waals surface area contributed by atoms with E-state index < -0.39 is 35.2 Å². The molecule has 174 valence electrons. The molecule has 1 spiro atoms. The van der Waals surface area contributed by atoms with Crippen LogP contribution < -0.4 is 4.90 Å². The summed E-state index contributed by atoms with van der Waals surface area (Å²) in [7, 11) is 1.57. The van der Waals surface area contributed by atoms with Gasteiger partial charge < -0.3 is 23.9 Å². The average Bonchev–Trinajstić information content (AvgIpc) is 3.55. The number of para-hydroxylation sites is 2. The maximum Gasteiger partial charge on any atom is 0.266 e. The van der Waals surface area contributed by atoms with Crippen LogP contribution in [0.15, 0.2) is 54.7 Å². The fourth-order valence-electron chi connectivity index (χ4n) is 6.57. The number of Topliss-reactive ketones (excluding diaryl/α,β-unsaturated/α-hetero) is 1. The topological polar surface area (TPSA) is 90.1 Å². The lowest BCUT2D eigenvalue weighted by Gasteiger charge is -2.35. The lowest BCUT2D eigenvalue weighted by Crippen LogP contribution is -2.54. The zero-order valence-corrected chi connectivity index (χ0v) is 19.0. The van der Waals surface area contributed by atoms with Gasteiger partial charge in [-0.3, -0.25) is 14.5 Å². The van der Waals surface area contributed by atoms with Crippen molar-refractivity contribution in [2.24, 2.45) is 0 Å². The van der Waals surface area contributed by atoms with Gasteiger partial charge >= 0.3 is 0 Å². The molecule has 2 aromatic carbocycles. The summed E-state index contributed by atoms with van der Waals surface area (Å²) in [5, 5.41) is 0.854. The van der Waals surface area contributed by atoms with Gasteiger partial charge in [-0.25, -0.2) is 0 Å². The SMILES string of the molecule is COC[C@@H]1O[C@H]2[C@]3(OC(C)(C)O[C@@H]13)C(=O)N1c3ccccc3C(=O)[C@@]21c1c[nH]c2ccccc12. The van der Waals surface area contributed by atoms with E-state index >= 15 is 0 Å². The van der Waals surface area contributed by atoms with E-state index in [1.54, 1.807) is 31.9 Å². The van der Waals surface area contributed by atoms with Crippen molar-refractivity contribution in [2.75, 3.05) is 18.6 Å². The van der Waals surface area contributed by atoms with Crippen LogP contribution in [0.5, 0.6) is 0 Å². The number of ether oxygens (including phenoxy) is 4. The van der Waals surface area contributed by atoms with E-state index in [0.717, 1.165) is 10.9 Å². The second kappa shape index (κ2) is 6.34. The van der Waals surface area contributed by atoms with Gasteiger partial charge in [0.1, 0.15) is 18.3 Å². The van der Waals surface area contributed by atoms with Crippen LogP contribution in [-0.4, -0.2) is 60.1 Å². The van der Waals surface area contributed by atoms with Gasteiger partial charge in [0.2, 0.25) is 5.60 Å². The van der Waals surface area contributed by atoms with Gasteiger partial charge in [0.25, 0.3) is 5.91 Å². The molecule has 3 fully saturated rings. The second-order valence-corrected chi connectivity index (χ2v) is 9.84. The first-order valence-electron chi connectivity index (χ1n) is 11.4. The average molecular weight is 460 g/mol. The minimum atomic E-state index is -1.48. The number of ketones is 1. The number of H-pyrrole nitrogens is 1. The number of hydrogen-bond acceptors (Lipinski definition) is 6. The Morgan fingerprint density at radius 1 is 1.09 bits per heavy atom.